The fourth-order valence-corrected chi connectivity index (χ4v) is 1.10. The fraction of sp³-hybridized carbons (Fsp3) is 0.333. The van der Waals surface area contributed by atoms with Crippen molar-refractivity contribution in [3.05, 3.63) is 35.6 Å². The molecule has 0 saturated heterocycles. The van der Waals surface area contributed by atoms with E-state index in [2.05, 4.69) is 18.8 Å². The number of halogens is 1. The minimum absolute atomic E-state index is 0.215. The summed E-state index contributed by atoms with van der Waals surface area (Å²) in [6, 6.07) is 6.43. The molecule has 0 bridgehead atoms. The van der Waals surface area contributed by atoms with Crippen molar-refractivity contribution in [1.82, 2.24) is 0 Å². The van der Waals surface area contributed by atoms with Gasteiger partial charge in [0.25, 0.3) is 0 Å². The first kappa shape index (κ1) is 8.31. The van der Waals surface area contributed by atoms with Crippen molar-refractivity contribution in [2.75, 3.05) is 0 Å². The number of benzene rings is 1. The molecular formula is C12H11F. The van der Waals surface area contributed by atoms with Gasteiger partial charge in [-0.05, 0) is 38.0 Å². The third-order valence-electron chi connectivity index (χ3n) is 2.33. The zero-order valence-electron chi connectivity index (χ0n) is 7.60. The normalized spacial score (nSPS) is 17.4. The number of hydrogen-bond acceptors (Lipinski definition) is 0. The summed E-state index contributed by atoms with van der Waals surface area (Å²) in [5, 5.41) is 0. The van der Waals surface area contributed by atoms with Crippen LogP contribution in [0.1, 0.15) is 25.3 Å². The minimum atomic E-state index is -0.215. The summed E-state index contributed by atoms with van der Waals surface area (Å²) in [4.78, 5) is 0. The van der Waals surface area contributed by atoms with E-state index in [1.165, 1.54) is 25.0 Å². The van der Waals surface area contributed by atoms with Crippen LogP contribution >= 0.6 is 0 Å². The molecule has 1 fully saturated rings. The molecule has 1 aromatic rings. The molecule has 13 heavy (non-hydrogen) atoms. The zero-order valence-corrected chi connectivity index (χ0v) is 7.60. The van der Waals surface area contributed by atoms with Crippen LogP contribution in [0.4, 0.5) is 4.39 Å². The Morgan fingerprint density at radius 1 is 1.38 bits per heavy atom. The van der Waals surface area contributed by atoms with Crippen LogP contribution < -0.4 is 0 Å². The minimum Gasteiger partial charge on any atom is -0.207 e. The van der Waals surface area contributed by atoms with Crippen LogP contribution in [0.2, 0.25) is 0 Å². The van der Waals surface area contributed by atoms with Crippen molar-refractivity contribution in [1.29, 1.82) is 0 Å². The van der Waals surface area contributed by atoms with E-state index in [-0.39, 0.29) is 11.2 Å². The Labute approximate surface area is 77.8 Å². The highest BCUT2D eigenvalue weighted by Gasteiger charge is 2.35. The van der Waals surface area contributed by atoms with Gasteiger partial charge in [-0.1, -0.05) is 17.9 Å². The highest BCUT2D eigenvalue weighted by atomic mass is 19.1. The molecule has 2 rings (SSSR count). The third-order valence-corrected chi connectivity index (χ3v) is 2.33. The van der Waals surface area contributed by atoms with Crippen LogP contribution in [0.15, 0.2) is 24.3 Å². The van der Waals surface area contributed by atoms with Crippen molar-refractivity contribution >= 4 is 0 Å². The van der Waals surface area contributed by atoms with Gasteiger partial charge in [-0.15, -0.1) is 0 Å². The van der Waals surface area contributed by atoms with Gasteiger partial charge in [0.15, 0.2) is 0 Å². The predicted octanol–water partition coefficient (Wildman–Crippen LogP) is 2.98. The van der Waals surface area contributed by atoms with Crippen molar-refractivity contribution in [3.8, 4) is 11.8 Å². The molecule has 66 valence electrons. The highest BCUT2D eigenvalue weighted by molar-refractivity contribution is 5.36. The van der Waals surface area contributed by atoms with Crippen LogP contribution in [-0.2, 0) is 0 Å². The molecule has 0 atom stereocenters. The molecule has 1 saturated carbocycles. The summed E-state index contributed by atoms with van der Waals surface area (Å²) in [6.07, 6.45) is 2.35. The average molecular weight is 174 g/mol. The van der Waals surface area contributed by atoms with E-state index < -0.39 is 0 Å². The van der Waals surface area contributed by atoms with Gasteiger partial charge in [-0.25, -0.2) is 4.39 Å². The maximum absolute atomic E-state index is 12.7. The van der Waals surface area contributed by atoms with E-state index >= 15 is 0 Å². The summed E-state index contributed by atoms with van der Waals surface area (Å²) in [6.45, 7) is 2.14. The van der Waals surface area contributed by atoms with Crippen molar-refractivity contribution in [2.45, 2.75) is 19.8 Å². The molecule has 1 aromatic carbocycles. The molecule has 1 heteroatoms. The van der Waals surface area contributed by atoms with Crippen LogP contribution in [0.5, 0.6) is 0 Å². The number of hydrogen-bond donors (Lipinski definition) is 0. The molecule has 0 heterocycles. The van der Waals surface area contributed by atoms with Crippen LogP contribution in [-0.4, -0.2) is 0 Å². The smallest absolute Gasteiger partial charge is 0.124 e. The van der Waals surface area contributed by atoms with Gasteiger partial charge >= 0.3 is 0 Å². The standard InChI is InChI=1S/C12H11F/c1-12(7-8-12)6-5-10-3-2-4-11(13)9-10/h2-4,9H,7-8H2,1H3. The molecule has 0 aliphatic heterocycles. The number of rotatable bonds is 0. The van der Waals surface area contributed by atoms with E-state index in [1.807, 2.05) is 6.07 Å². The van der Waals surface area contributed by atoms with Gasteiger partial charge in [0, 0.05) is 11.0 Å². The Hall–Kier alpha value is -1.29. The van der Waals surface area contributed by atoms with E-state index in [1.54, 1.807) is 6.07 Å². The lowest BCUT2D eigenvalue weighted by Gasteiger charge is -1.93. The Morgan fingerprint density at radius 2 is 2.15 bits per heavy atom. The van der Waals surface area contributed by atoms with Crippen molar-refractivity contribution < 1.29 is 4.39 Å². The van der Waals surface area contributed by atoms with Crippen LogP contribution in [0.3, 0.4) is 0 Å². The maximum Gasteiger partial charge on any atom is 0.124 e. The third kappa shape index (κ3) is 2.09. The molecule has 0 unspecified atom stereocenters. The first-order chi connectivity index (χ1) is 6.18. The van der Waals surface area contributed by atoms with Gasteiger partial charge < -0.3 is 0 Å². The summed E-state index contributed by atoms with van der Waals surface area (Å²) in [5.74, 6) is 5.94. The van der Waals surface area contributed by atoms with E-state index in [4.69, 9.17) is 0 Å². The van der Waals surface area contributed by atoms with Gasteiger partial charge in [0.1, 0.15) is 5.82 Å². The topological polar surface area (TPSA) is 0 Å². The van der Waals surface area contributed by atoms with Gasteiger partial charge in [-0.3, -0.25) is 0 Å². The van der Waals surface area contributed by atoms with Crippen LogP contribution in [0.25, 0.3) is 0 Å². The largest absolute Gasteiger partial charge is 0.207 e. The lowest BCUT2D eigenvalue weighted by Crippen LogP contribution is -1.85. The summed E-state index contributed by atoms with van der Waals surface area (Å²) in [5.41, 5.74) is 0.986. The van der Waals surface area contributed by atoms with Crippen LogP contribution in [0, 0.1) is 23.1 Å². The maximum atomic E-state index is 12.7. The highest BCUT2D eigenvalue weighted by Crippen LogP contribution is 2.44. The molecule has 0 N–H and O–H groups in total. The Bertz CT molecular complexity index is 378. The Kier molecular flexibility index (Phi) is 1.84. The molecule has 0 nitrogen and oxygen atoms in total. The van der Waals surface area contributed by atoms with E-state index in [9.17, 15) is 4.39 Å². The van der Waals surface area contributed by atoms with Gasteiger partial charge in [0.2, 0.25) is 0 Å². The zero-order chi connectivity index (χ0) is 9.31. The summed E-state index contributed by atoms with van der Waals surface area (Å²) >= 11 is 0. The predicted molar refractivity (Wildman–Crippen MR) is 50.6 cm³/mol. The second kappa shape index (κ2) is 2.88. The average Bonchev–Trinajstić information content (AvgIpc) is 2.82. The van der Waals surface area contributed by atoms with Gasteiger partial charge in [0.05, 0.1) is 0 Å². The first-order valence-electron chi connectivity index (χ1n) is 4.47. The van der Waals surface area contributed by atoms with E-state index in [0.29, 0.717) is 0 Å². The SMILES string of the molecule is CC1(C#Cc2cccc(F)c2)CC1. The van der Waals surface area contributed by atoms with Gasteiger partial charge in [-0.2, -0.15) is 0 Å². The molecule has 1 aliphatic carbocycles. The molecular weight excluding hydrogens is 163 g/mol. The molecule has 0 radical (unpaired) electrons. The first-order valence-corrected chi connectivity index (χ1v) is 4.47. The molecule has 1 aliphatic rings. The molecule has 0 amide bonds. The Balaban J connectivity index is 2.20. The second-order valence-corrected chi connectivity index (χ2v) is 3.82. The fourth-order valence-electron chi connectivity index (χ4n) is 1.10. The lowest BCUT2D eigenvalue weighted by molar-refractivity contribution is 0.627. The summed E-state index contributed by atoms with van der Waals surface area (Å²) in [7, 11) is 0. The lowest BCUT2D eigenvalue weighted by atomic mass is 10.1. The Morgan fingerprint density at radius 3 is 2.77 bits per heavy atom. The van der Waals surface area contributed by atoms with E-state index in [0.717, 1.165) is 5.56 Å². The molecule has 0 spiro atoms. The van der Waals surface area contributed by atoms with Crippen molar-refractivity contribution in [3.63, 3.8) is 0 Å². The second-order valence-electron chi connectivity index (χ2n) is 3.82. The summed E-state index contributed by atoms with van der Waals surface area (Å²) < 4.78 is 12.7. The quantitative estimate of drug-likeness (QED) is 0.530. The van der Waals surface area contributed by atoms with Crippen molar-refractivity contribution in [2.24, 2.45) is 5.41 Å². The molecule has 0 aromatic heterocycles. The monoisotopic (exact) mass is 174 g/mol.